The van der Waals surface area contributed by atoms with Crippen molar-refractivity contribution in [2.75, 3.05) is 18.5 Å². The Morgan fingerprint density at radius 2 is 2.00 bits per heavy atom. The van der Waals surface area contributed by atoms with Crippen molar-refractivity contribution in [3.05, 3.63) is 45.1 Å². The number of anilines is 1. The number of hydrogen-bond acceptors (Lipinski definition) is 4. The first kappa shape index (κ1) is 15.1. The minimum absolute atomic E-state index is 0.181. The van der Waals surface area contributed by atoms with Crippen molar-refractivity contribution in [1.29, 1.82) is 0 Å². The smallest absolute Gasteiger partial charge is 0.248 e. The number of carbonyl (C=O) groups excluding carboxylic acids is 1. The normalized spacial score (nSPS) is 13.9. The van der Waals surface area contributed by atoms with Crippen molar-refractivity contribution in [1.82, 2.24) is 0 Å². The Morgan fingerprint density at radius 1 is 1.18 bits per heavy atom. The summed E-state index contributed by atoms with van der Waals surface area (Å²) in [6.45, 7) is 1.27. The molecule has 0 spiro atoms. The molecule has 1 N–H and O–H groups in total. The zero-order valence-corrected chi connectivity index (χ0v) is 14.1. The van der Waals surface area contributed by atoms with Gasteiger partial charge in [0.25, 0.3) is 0 Å². The fraction of sp³-hybridized carbons (Fsp3) is 0.188. The molecule has 0 radical (unpaired) electrons. The van der Waals surface area contributed by atoms with Crippen molar-refractivity contribution < 1.29 is 14.3 Å². The Hall–Kier alpha value is -1.79. The highest BCUT2D eigenvalue weighted by Gasteiger charge is 2.11. The summed E-state index contributed by atoms with van der Waals surface area (Å²) >= 11 is 4.96. The van der Waals surface area contributed by atoms with Gasteiger partial charge in [-0.05, 0) is 46.3 Å². The number of hydrogen-bond donors (Lipinski definition) is 1. The third kappa shape index (κ3) is 3.90. The highest BCUT2D eigenvalue weighted by molar-refractivity contribution is 9.11. The summed E-state index contributed by atoms with van der Waals surface area (Å²) in [7, 11) is 0. The van der Waals surface area contributed by atoms with Crippen molar-refractivity contribution in [2.45, 2.75) is 6.42 Å². The highest BCUT2D eigenvalue weighted by Crippen LogP contribution is 2.32. The van der Waals surface area contributed by atoms with Gasteiger partial charge >= 0.3 is 0 Å². The van der Waals surface area contributed by atoms with Crippen LogP contribution in [0.5, 0.6) is 11.5 Å². The van der Waals surface area contributed by atoms with Crippen LogP contribution in [0.3, 0.4) is 0 Å². The minimum atomic E-state index is -0.181. The molecule has 2 heterocycles. The number of carbonyl (C=O) groups is 1. The number of benzene rings is 1. The lowest BCUT2D eigenvalue weighted by Gasteiger charge is -2.09. The molecule has 0 fully saturated rings. The Labute approximate surface area is 140 Å². The molecule has 0 saturated carbocycles. The van der Waals surface area contributed by atoms with Crippen LogP contribution in [0.25, 0.3) is 6.08 Å². The van der Waals surface area contributed by atoms with Crippen LogP contribution >= 0.6 is 27.3 Å². The largest absolute Gasteiger partial charge is 0.490 e. The van der Waals surface area contributed by atoms with Gasteiger partial charge in [0.15, 0.2) is 11.5 Å². The summed E-state index contributed by atoms with van der Waals surface area (Å²) in [5, 5.41) is 2.82. The molecule has 0 bridgehead atoms. The van der Waals surface area contributed by atoms with Gasteiger partial charge in [-0.2, -0.15) is 0 Å². The molecule has 114 valence electrons. The molecule has 6 heteroatoms. The standard InChI is InChI=1S/C16H14BrNO3S/c17-15-6-3-12(22-15)4-7-16(19)18-11-2-5-13-14(10-11)21-9-1-8-20-13/h2-7,10H,1,8-9H2,(H,18,19). The van der Waals surface area contributed by atoms with Crippen LogP contribution in [0.2, 0.25) is 0 Å². The van der Waals surface area contributed by atoms with E-state index in [0.717, 1.165) is 20.8 Å². The average molecular weight is 380 g/mol. The second-order valence-electron chi connectivity index (χ2n) is 4.68. The molecular formula is C16H14BrNO3S. The van der Waals surface area contributed by atoms with Crippen LogP contribution in [0, 0.1) is 0 Å². The maximum Gasteiger partial charge on any atom is 0.248 e. The summed E-state index contributed by atoms with van der Waals surface area (Å²) in [6, 6.07) is 9.31. The van der Waals surface area contributed by atoms with Crippen LogP contribution in [0.1, 0.15) is 11.3 Å². The van der Waals surface area contributed by atoms with Gasteiger partial charge in [-0.1, -0.05) is 0 Å². The third-order valence-electron chi connectivity index (χ3n) is 3.01. The zero-order chi connectivity index (χ0) is 15.4. The number of ether oxygens (including phenoxy) is 2. The molecule has 22 heavy (non-hydrogen) atoms. The number of nitrogens with one attached hydrogen (secondary N) is 1. The Bertz CT molecular complexity index is 711. The first-order valence-corrected chi connectivity index (χ1v) is 8.46. The van der Waals surface area contributed by atoms with E-state index in [2.05, 4.69) is 21.2 Å². The van der Waals surface area contributed by atoms with E-state index >= 15 is 0 Å². The molecule has 2 aromatic rings. The molecule has 1 aliphatic heterocycles. The van der Waals surface area contributed by atoms with Crippen LogP contribution in [0.15, 0.2) is 40.2 Å². The second kappa shape index (κ2) is 6.98. The van der Waals surface area contributed by atoms with Crippen LogP contribution in [-0.2, 0) is 4.79 Å². The maximum atomic E-state index is 12.0. The fourth-order valence-electron chi connectivity index (χ4n) is 2.00. The topological polar surface area (TPSA) is 47.6 Å². The summed E-state index contributed by atoms with van der Waals surface area (Å²) in [4.78, 5) is 13.0. The first-order valence-electron chi connectivity index (χ1n) is 6.85. The van der Waals surface area contributed by atoms with Gasteiger partial charge in [-0.15, -0.1) is 11.3 Å². The lowest BCUT2D eigenvalue weighted by molar-refractivity contribution is -0.111. The molecule has 4 nitrogen and oxygen atoms in total. The Morgan fingerprint density at radius 3 is 2.77 bits per heavy atom. The van der Waals surface area contributed by atoms with Crippen molar-refractivity contribution >= 4 is 44.9 Å². The van der Waals surface area contributed by atoms with Crippen LogP contribution in [-0.4, -0.2) is 19.1 Å². The highest BCUT2D eigenvalue weighted by atomic mass is 79.9. The molecule has 0 atom stereocenters. The molecule has 0 aliphatic carbocycles. The van der Waals surface area contributed by atoms with E-state index < -0.39 is 0 Å². The SMILES string of the molecule is O=C(C=Cc1ccc(Br)s1)Nc1ccc2c(c1)OCCCO2. The monoisotopic (exact) mass is 379 g/mol. The Kier molecular flexibility index (Phi) is 4.80. The van der Waals surface area contributed by atoms with Crippen molar-refractivity contribution in [3.63, 3.8) is 0 Å². The zero-order valence-electron chi connectivity index (χ0n) is 11.7. The van der Waals surface area contributed by atoms with Crippen LogP contribution < -0.4 is 14.8 Å². The molecular weight excluding hydrogens is 366 g/mol. The molecule has 1 aromatic heterocycles. The molecule has 1 aromatic carbocycles. The summed E-state index contributed by atoms with van der Waals surface area (Å²) in [6.07, 6.45) is 4.16. The van der Waals surface area contributed by atoms with E-state index in [9.17, 15) is 4.79 Å². The van der Waals surface area contributed by atoms with Gasteiger partial charge in [0.2, 0.25) is 5.91 Å². The number of thiophene rings is 1. The van der Waals surface area contributed by atoms with Crippen molar-refractivity contribution in [2.24, 2.45) is 0 Å². The van der Waals surface area contributed by atoms with E-state index in [1.807, 2.05) is 18.2 Å². The first-order chi connectivity index (χ1) is 10.7. The number of rotatable bonds is 3. The summed E-state index contributed by atoms with van der Waals surface area (Å²) < 4.78 is 12.2. The summed E-state index contributed by atoms with van der Waals surface area (Å²) in [5.41, 5.74) is 0.686. The molecule has 0 saturated heterocycles. The molecule has 3 rings (SSSR count). The van der Waals surface area contributed by atoms with Gasteiger partial charge in [-0.3, -0.25) is 4.79 Å². The number of amides is 1. The lowest BCUT2D eigenvalue weighted by atomic mass is 10.2. The molecule has 1 aliphatic rings. The van der Waals surface area contributed by atoms with E-state index in [0.29, 0.717) is 24.7 Å². The lowest BCUT2D eigenvalue weighted by Crippen LogP contribution is -2.07. The van der Waals surface area contributed by atoms with E-state index in [1.165, 1.54) is 6.08 Å². The maximum absolute atomic E-state index is 12.0. The predicted molar refractivity (Wildman–Crippen MR) is 91.7 cm³/mol. The van der Waals surface area contributed by atoms with Gasteiger partial charge in [0.1, 0.15) is 0 Å². The van der Waals surface area contributed by atoms with Gasteiger partial charge in [0, 0.05) is 29.1 Å². The van der Waals surface area contributed by atoms with E-state index in [1.54, 1.807) is 29.5 Å². The number of halogens is 1. The van der Waals surface area contributed by atoms with Crippen LogP contribution in [0.4, 0.5) is 5.69 Å². The number of fused-ring (bicyclic) bond motifs is 1. The fourth-order valence-corrected chi connectivity index (χ4v) is 3.33. The summed E-state index contributed by atoms with van der Waals surface area (Å²) in [5.74, 6) is 1.20. The van der Waals surface area contributed by atoms with E-state index in [4.69, 9.17) is 9.47 Å². The van der Waals surface area contributed by atoms with Gasteiger partial charge in [0.05, 0.1) is 17.0 Å². The minimum Gasteiger partial charge on any atom is -0.490 e. The quantitative estimate of drug-likeness (QED) is 0.807. The molecule has 1 amide bonds. The molecule has 0 unspecified atom stereocenters. The van der Waals surface area contributed by atoms with E-state index in [-0.39, 0.29) is 5.91 Å². The second-order valence-corrected chi connectivity index (χ2v) is 7.17. The van der Waals surface area contributed by atoms with Crippen molar-refractivity contribution in [3.8, 4) is 11.5 Å². The Balaban J connectivity index is 1.66. The average Bonchev–Trinajstić information content (AvgIpc) is 2.78. The predicted octanol–water partition coefficient (Wildman–Crippen LogP) is 4.32. The van der Waals surface area contributed by atoms with Gasteiger partial charge < -0.3 is 14.8 Å². The van der Waals surface area contributed by atoms with Gasteiger partial charge in [-0.25, -0.2) is 0 Å². The third-order valence-corrected chi connectivity index (χ3v) is 4.60.